The van der Waals surface area contributed by atoms with E-state index in [1.165, 1.54) is 0 Å². The van der Waals surface area contributed by atoms with Crippen LogP contribution in [-0.4, -0.2) is 36.1 Å². The van der Waals surface area contributed by atoms with Crippen molar-refractivity contribution in [3.63, 3.8) is 0 Å². The number of carbonyl (C=O) groups is 1. The number of hydrogen-bond donors (Lipinski definition) is 1. The fourth-order valence-corrected chi connectivity index (χ4v) is 2.97. The molecule has 7 heteroatoms. The van der Waals surface area contributed by atoms with Crippen LogP contribution in [0.1, 0.15) is 18.4 Å². The van der Waals surface area contributed by atoms with Crippen LogP contribution in [0.4, 0.5) is 0 Å². The number of halogens is 2. The van der Waals surface area contributed by atoms with Crippen LogP contribution in [0.2, 0.25) is 5.02 Å². The molecule has 1 saturated heterocycles. The third kappa shape index (κ3) is 2.35. The zero-order chi connectivity index (χ0) is 13.7. The molecule has 3 heterocycles. The van der Waals surface area contributed by atoms with Crippen molar-refractivity contribution in [2.75, 3.05) is 6.54 Å². The molecule has 2 atom stereocenters. The van der Waals surface area contributed by atoms with Crippen LogP contribution >= 0.6 is 24.0 Å². The Bertz CT molecular complexity index is 666. The Morgan fingerprint density at radius 1 is 1.33 bits per heavy atom. The van der Waals surface area contributed by atoms with Crippen molar-refractivity contribution in [1.29, 1.82) is 0 Å². The summed E-state index contributed by atoms with van der Waals surface area (Å²) in [4.78, 5) is 20.8. The molecular formula is C14H13Cl2N3O2. The summed E-state index contributed by atoms with van der Waals surface area (Å²) in [6, 6.07) is 5.35. The average Bonchev–Trinajstić information content (AvgIpc) is 3.06. The summed E-state index contributed by atoms with van der Waals surface area (Å²) < 4.78 is 5.62. The fraction of sp³-hybridized carbons (Fsp3) is 0.357. The fourth-order valence-electron chi connectivity index (χ4n) is 2.80. The molecule has 1 amide bonds. The summed E-state index contributed by atoms with van der Waals surface area (Å²) in [6.07, 6.45) is 1.32. The maximum Gasteiger partial charge on any atom is 0.294 e. The minimum absolute atomic E-state index is 0. The number of amidine groups is 1. The number of nitrogens with one attached hydrogen (secondary N) is 1. The lowest BCUT2D eigenvalue weighted by molar-refractivity contribution is -0.121. The average molecular weight is 326 g/mol. The number of rotatable bonds is 1. The van der Waals surface area contributed by atoms with Gasteiger partial charge >= 0.3 is 0 Å². The Hall–Kier alpha value is -1.43. The van der Waals surface area contributed by atoms with Gasteiger partial charge in [-0.25, -0.2) is 4.99 Å². The van der Waals surface area contributed by atoms with E-state index in [0.717, 1.165) is 24.9 Å². The minimum Gasteiger partial charge on any atom is -0.473 e. The number of aliphatic imine (C=N–C) groups is 2. The maximum absolute atomic E-state index is 12.1. The molecule has 2 unspecified atom stereocenters. The quantitative estimate of drug-likeness (QED) is 0.859. The number of benzene rings is 1. The summed E-state index contributed by atoms with van der Waals surface area (Å²) in [7, 11) is 0. The molecule has 0 saturated carbocycles. The highest BCUT2D eigenvalue weighted by Crippen LogP contribution is 2.33. The molecule has 1 fully saturated rings. The van der Waals surface area contributed by atoms with Gasteiger partial charge in [-0.1, -0.05) is 11.6 Å². The molecular weight excluding hydrogens is 313 g/mol. The van der Waals surface area contributed by atoms with Gasteiger partial charge in [-0.05, 0) is 37.6 Å². The van der Waals surface area contributed by atoms with Gasteiger partial charge in [0.25, 0.3) is 5.91 Å². The molecule has 1 aromatic carbocycles. The molecule has 3 aliphatic heterocycles. The van der Waals surface area contributed by atoms with Crippen molar-refractivity contribution in [1.82, 2.24) is 5.32 Å². The molecule has 0 aromatic heterocycles. The second kappa shape index (κ2) is 5.40. The first-order valence-corrected chi connectivity index (χ1v) is 7.01. The maximum atomic E-state index is 12.1. The second-order valence-electron chi connectivity index (χ2n) is 5.09. The molecule has 1 aromatic rings. The first kappa shape index (κ1) is 14.5. The van der Waals surface area contributed by atoms with E-state index in [0.29, 0.717) is 22.3 Å². The van der Waals surface area contributed by atoms with Crippen LogP contribution in [0, 0.1) is 0 Å². The highest BCUT2D eigenvalue weighted by Gasteiger charge is 2.40. The molecule has 0 aliphatic carbocycles. The molecule has 1 N–H and O–H groups in total. The van der Waals surface area contributed by atoms with E-state index in [-0.39, 0.29) is 24.4 Å². The van der Waals surface area contributed by atoms with E-state index in [1.54, 1.807) is 18.2 Å². The van der Waals surface area contributed by atoms with Crippen molar-refractivity contribution in [3.8, 4) is 5.75 Å². The number of ether oxygens (including phenoxy) is 1. The van der Waals surface area contributed by atoms with Crippen molar-refractivity contribution in [3.05, 3.63) is 28.8 Å². The molecule has 21 heavy (non-hydrogen) atoms. The number of hydrogen-bond acceptors (Lipinski definition) is 4. The minimum atomic E-state index is -0.714. The predicted molar refractivity (Wildman–Crippen MR) is 83.1 cm³/mol. The normalized spacial score (nSPS) is 26.2. The third-order valence-corrected chi connectivity index (χ3v) is 4.00. The topological polar surface area (TPSA) is 63.0 Å². The number of nitrogens with zero attached hydrogens (tertiary/aromatic N) is 2. The van der Waals surface area contributed by atoms with Crippen molar-refractivity contribution in [2.24, 2.45) is 9.98 Å². The zero-order valence-corrected chi connectivity index (χ0v) is 12.6. The molecule has 0 bridgehead atoms. The largest absolute Gasteiger partial charge is 0.473 e. The van der Waals surface area contributed by atoms with E-state index in [1.807, 2.05) is 0 Å². The lowest BCUT2D eigenvalue weighted by Gasteiger charge is -2.17. The summed E-state index contributed by atoms with van der Waals surface area (Å²) in [5.74, 6) is 0.920. The van der Waals surface area contributed by atoms with Crippen molar-refractivity contribution >= 4 is 41.5 Å². The molecule has 4 rings (SSSR count). The summed E-state index contributed by atoms with van der Waals surface area (Å²) in [5.41, 5.74) is 1.42. The van der Waals surface area contributed by atoms with E-state index in [9.17, 15) is 4.79 Å². The van der Waals surface area contributed by atoms with Crippen LogP contribution in [0.15, 0.2) is 28.2 Å². The SMILES string of the molecule is Cl.O=C1N=C(C2CCCN2)N=C2c3cc(Cl)ccc3OC12. The Morgan fingerprint density at radius 3 is 2.95 bits per heavy atom. The molecule has 0 spiro atoms. The van der Waals surface area contributed by atoms with Gasteiger partial charge in [-0.2, -0.15) is 4.99 Å². The van der Waals surface area contributed by atoms with Gasteiger partial charge in [-0.15, -0.1) is 12.4 Å². The van der Waals surface area contributed by atoms with Crippen LogP contribution < -0.4 is 10.1 Å². The summed E-state index contributed by atoms with van der Waals surface area (Å²) >= 11 is 6.02. The Morgan fingerprint density at radius 2 is 2.19 bits per heavy atom. The second-order valence-corrected chi connectivity index (χ2v) is 5.53. The van der Waals surface area contributed by atoms with Crippen LogP contribution in [-0.2, 0) is 4.79 Å². The van der Waals surface area contributed by atoms with Gasteiger partial charge < -0.3 is 10.1 Å². The van der Waals surface area contributed by atoms with E-state index in [2.05, 4.69) is 15.3 Å². The van der Waals surface area contributed by atoms with Crippen molar-refractivity contribution < 1.29 is 9.53 Å². The molecule has 3 aliphatic rings. The lowest BCUT2D eigenvalue weighted by Crippen LogP contribution is -2.39. The van der Waals surface area contributed by atoms with Gasteiger partial charge in [0.15, 0.2) is 0 Å². The van der Waals surface area contributed by atoms with Gasteiger partial charge in [0.1, 0.15) is 17.3 Å². The first-order chi connectivity index (χ1) is 9.72. The number of carbonyl (C=O) groups excluding carboxylic acids is 1. The first-order valence-electron chi connectivity index (χ1n) is 6.63. The van der Waals surface area contributed by atoms with E-state index in [4.69, 9.17) is 16.3 Å². The monoisotopic (exact) mass is 325 g/mol. The number of fused-ring (bicyclic) bond motifs is 3. The molecule has 0 radical (unpaired) electrons. The number of amides is 1. The smallest absolute Gasteiger partial charge is 0.294 e. The van der Waals surface area contributed by atoms with Crippen molar-refractivity contribution in [2.45, 2.75) is 25.0 Å². The Balaban J connectivity index is 0.00000132. The van der Waals surface area contributed by atoms with Crippen LogP contribution in [0.5, 0.6) is 5.75 Å². The van der Waals surface area contributed by atoms with Gasteiger partial charge in [0.05, 0.1) is 6.04 Å². The molecule has 5 nitrogen and oxygen atoms in total. The molecule has 110 valence electrons. The highest BCUT2D eigenvalue weighted by atomic mass is 35.5. The Labute approximate surface area is 132 Å². The zero-order valence-electron chi connectivity index (χ0n) is 11.0. The Kier molecular flexibility index (Phi) is 3.73. The third-order valence-electron chi connectivity index (χ3n) is 3.77. The summed E-state index contributed by atoms with van der Waals surface area (Å²) in [5, 5.41) is 3.91. The van der Waals surface area contributed by atoms with E-state index < -0.39 is 6.10 Å². The lowest BCUT2D eigenvalue weighted by atomic mass is 10.0. The van der Waals surface area contributed by atoms with Gasteiger partial charge in [-0.3, -0.25) is 4.79 Å². The van der Waals surface area contributed by atoms with Crippen LogP contribution in [0.25, 0.3) is 0 Å². The van der Waals surface area contributed by atoms with Crippen LogP contribution in [0.3, 0.4) is 0 Å². The predicted octanol–water partition coefficient (Wildman–Crippen LogP) is 2.00. The van der Waals surface area contributed by atoms with E-state index >= 15 is 0 Å². The standard InChI is InChI=1S/C14H12ClN3O2.ClH/c15-7-3-4-10-8(6-7)11-12(20-10)14(19)18-13(17-11)9-2-1-5-16-9;/h3-4,6,9,12,16H,1-2,5H2;1H. The van der Waals surface area contributed by atoms with Gasteiger partial charge in [0.2, 0.25) is 6.10 Å². The van der Waals surface area contributed by atoms with Gasteiger partial charge in [0, 0.05) is 10.6 Å². The highest BCUT2D eigenvalue weighted by molar-refractivity contribution is 6.32. The summed E-state index contributed by atoms with van der Waals surface area (Å²) in [6.45, 7) is 0.936.